The summed E-state index contributed by atoms with van der Waals surface area (Å²) in [5, 5.41) is 17.9. The molecule has 4 rings (SSSR count). The number of phenolic OH excluding ortho intramolecular Hbond substituents is 1. The van der Waals surface area contributed by atoms with Crippen LogP contribution >= 0.6 is 0 Å². The van der Waals surface area contributed by atoms with Gasteiger partial charge in [-0.25, -0.2) is 0 Å². The number of benzene rings is 2. The third-order valence-electron chi connectivity index (χ3n) is 6.16. The fourth-order valence-corrected chi connectivity index (χ4v) is 4.39. The molecule has 1 atom stereocenters. The van der Waals surface area contributed by atoms with Crippen molar-refractivity contribution in [3.8, 4) is 22.8 Å². The van der Waals surface area contributed by atoms with Gasteiger partial charge in [-0.3, -0.25) is 9.89 Å². The van der Waals surface area contributed by atoms with Crippen LogP contribution in [0.1, 0.15) is 68.2 Å². The smallest absolute Gasteiger partial charge is 0.273 e. The summed E-state index contributed by atoms with van der Waals surface area (Å²) in [6.45, 7) is 10.1. The van der Waals surface area contributed by atoms with Crippen LogP contribution in [-0.2, 0) is 4.74 Å². The second-order valence-electron chi connectivity index (χ2n) is 9.66. The van der Waals surface area contributed by atoms with E-state index in [1.165, 1.54) is 0 Å². The fourth-order valence-electron chi connectivity index (χ4n) is 4.39. The van der Waals surface area contributed by atoms with Gasteiger partial charge in [0.2, 0.25) is 0 Å². The lowest BCUT2D eigenvalue weighted by Crippen LogP contribution is -2.31. The molecule has 0 spiro atoms. The molecule has 0 bridgehead atoms. The molecule has 0 saturated carbocycles. The minimum atomic E-state index is -0.349. The van der Waals surface area contributed by atoms with Crippen LogP contribution in [0.15, 0.2) is 48.5 Å². The minimum Gasteiger partial charge on any atom is -0.507 e. The Morgan fingerprint density at radius 1 is 1.09 bits per heavy atom. The molecule has 186 valence electrons. The number of fused-ring (bicyclic) bond motifs is 1. The van der Waals surface area contributed by atoms with E-state index < -0.39 is 0 Å². The van der Waals surface area contributed by atoms with Crippen LogP contribution in [0.25, 0.3) is 11.3 Å². The Labute approximate surface area is 207 Å². The first kappa shape index (κ1) is 24.8. The van der Waals surface area contributed by atoms with E-state index in [9.17, 15) is 9.90 Å². The molecule has 0 radical (unpaired) electrons. The number of hydrogen-bond acceptors (Lipinski definition) is 5. The van der Waals surface area contributed by atoms with E-state index >= 15 is 0 Å². The molecule has 7 heteroatoms. The second kappa shape index (κ2) is 11.0. The largest absolute Gasteiger partial charge is 0.507 e. The van der Waals surface area contributed by atoms with E-state index in [1.54, 1.807) is 12.1 Å². The van der Waals surface area contributed by atoms with Crippen LogP contribution < -0.4 is 4.74 Å². The predicted molar refractivity (Wildman–Crippen MR) is 136 cm³/mol. The Morgan fingerprint density at radius 3 is 2.63 bits per heavy atom. The number of nitrogens with zero attached hydrogens (tertiary/aromatic N) is 2. The van der Waals surface area contributed by atoms with Crippen molar-refractivity contribution in [1.29, 1.82) is 0 Å². The SMILES string of the molecule is CC(C)CCOc1cccc([C@H]2c3c(-c4ccccc4O)n[nH]c3C(=O)N2CCCOC(C)C)c1. The number of carbonyl (C=O) groups excluding carboxylic acids is 1. The number of phenols is 1. The zero-order valence-electron chi connectivity index (χ0n) is 21.0. The maximum atomic E-state index is 13.5. The molecular weight excluding hydrogens is 442 g/mol. The number of hydrogen-bond donors (Lipinski definition) is 2. The van der Waals surface area contributed by atoms with Crippen LogP contribution in [0, 0.1) is 5.92 Å². The summed E-state index contributed by atoms with van der Waals surface area (Å²) in [5.74, 6) is 1.36. The van der Waals surface area contributed by atoms with Crippen molar-refractivity contribution < 1.29 is 19.4 Å². The molecule has 1 aliphatic heterocycles. The first-order valence-corrected chi connectivity index (χ1v) is 12.4. The van der Waals surface area contributed by atoms with Gasteiger partial charge in [0.1, 0.15) is 22.9 Å². The number of nitrogens with one attached hydrogen (secondary N) is 1. The van der Waals surface area contributed by atoms with E-state index in [4.69, 9.17) is 9.47 Å². The second-order valence-corrected chi connectivity index (χ2v) is 9.66. The zero-order valence-corrected chi connectivity index (χ0v) is 21.0. The average molecular weight is 478 g/mol. The topological polar surface area (TPSA) is 87.7 Å². The van der Waals surface area contributed by atoms with Gasteiger partial charge in [-0.1, -0.05) is 38.1 Å². The zero-order chi connectivity index (χ0) is 24.9. The summed E-state index contributed by atoms with van der Waals surface area (Å²) in [6.07, 6.45) is 1.83. The van der Waals surface area contributed by atoms with Crippen molar-refractivity contribution in [2.45, 2.75) is 52.7 Å². The normalized spacial score (nSPS) is 15.3. The summed E-state index contributed by atoms with van der Waals surface area (Å²) in [7, 11) is 0. The van der Waals surface area contributed by atoms with Crippen molar-refractivity contribution in [3.05, 3.63) is 65.4 Å². The number of amides is 1. The number of H-pyrrole nitrogens is 1. The van der Waals surface area contributed by atoms with Crippen LogP contribution in [0.5, 0.6) is 11.5 Å². The Kier molecular flexibility index (Phi) is 7.76. The molecule has 1 aliphatic rings. The molecule has 2 heterocycles. The fraction of sp³-hybridized carbons (Fsp3) is 0.429. The molecule has 0 fully saturated rings. The van der Waals surface area contributed by atoms with E-state index in [0.717, 1.165) is 23.3 Å². The quantitative estimate of drug-likeness (QED) is 0.353. The van der Waals surface area contributed by atoms with Crippen molar-refractivity contribution in [1.82, 2.24) is 15.1 Å². The van der Waals surface area contributed by atoms with Gasteiger partial charge < -0.3 is 19.5 Å². The number of rotatable bonds is 11. The predicted octanol–water partition coefficient (Wildman–Crippen LogP) is 5.57. The Morgan fingerprint density at radius 2 is 1.89 bits per heavy atom. The summed E-state index contributed by atoms with van der Waals surface area (Å²) in [5.41, 5.74) is 3.37. The highest BCUT2D eigenvalue weighted by atomic mass is 16.5. The molecule has 3 aromatic rings. The Bertz CT molecular complexity index is 1150. The third kappa shape index (κ3) is 5.51. The van der Waals surface area contributed by atoms with Gasteiger partial charge in [0.25, 0.3) is 5.91 Å². The van der Waals surface area contributed by atoms with Gasteiger partial charge in [0.15, 0.2) is 0 Å². The monoisotopic (exact) mass is 477 g/mol. The standard InChI is InChI=1S/C28H35N3O4/c1-18(2)13-16-35-21-10-7-9-20(17-21)27-24-25(22-11-5-6-12-23(22)32)29-30-26(24)28(33)31(27)14-8-15-34-19(3)4/h5-7,9-12,17-19,27,32H,8,13-16H2,1-4H3,(H,29,30)/t27-/m0/s1. The summed E-state index contributed by atoms with van der Waals surface area (Å²) < 4.78 is 11.7. The first-order valence-electron chi connectivity index (χ1n) is 12.4. The van der Waals surface area contributed by atoms with Crippen molar-refractivity contribution in [2.24, 2.45) is 5.92 Å². The number of ether oxygens (including phenoxy) is 2. The third-order valence-corrected chi connectivity index (χ3v) is 6.16. The highest BCUT2D eigenvalue weighted by Crippen LogP contribution is 2.44. The first-order chi connectivity index (χ1) is 16.9. The Balaban J connectivity index is 1.70. The Hall–Kier alpha value is -3.32. The molecule has 7 nitrogen and oxygen atoms in total. The van der Waals surface area contributed by atoms with E-state index in [2.05, 4.69) is 24.0 Å². The van der Waals surface area contributed by atoms with E-state index in [0.29, 0.717) is 49.0 Å². The average Bonchev–Trinajstić information content (AvgIpc) is 3.36. The molecule has 0 saturated heterocycles. The lowest BCUT2D eigenvalue weighted by atomic mass is 9.95. The number of aromatic nitrogens is 2. The molecular formula is C28H35N3O4. The van der Waals surface area contributed by atoms with Gasteiger partial charge in [0, 0.05) is 24.3 Å². The highest BCUT2D eigenvalue weighted by Gasteiger charge is 2.42. The molecule has 35 heavy (non-hydrogen) atoms. The van der Waals surface area contributed by atoms with Crippen LogP contribution in [0.3, 0.4) is 0 Å². The van der Waals surface area contributed by atoms with Gasteiger partial charge >= 0.3 is 0 Å². The van der Waals surface area contributed by atoms with Gasteiger partial charge in [0.05, 0.1) is 18.8 Å². The van der Waals surface area contributed by atoms with Crippen LogP contribution in [-0.4, -0.2) is 52.0 Å². The molecule has 1 aromatic heterocycles. The number of aromatic amines is 1. The lowest BCUT2D eigenvalue weighted by Gasteiger charge is -2.27. The minimum absolute atomic E-state index is 0.102. The van der Waals surface area contributed by atoms with Gasteiger partial charge in [-0.2, -0.15) is 5.10 Å². The number of carbonyl (C=O) groups is 1. The van der Waals surface area contributed by atoms with Gasteiger partial charge in [-0.15, -0.1) is 0 Å². The molecule has 0 aliphatic carbocycles. The van der Waals surface area contributed by atoms with Crippen molar-refractivity contribution in [2.75, 3.05) is 19.8 Å². The molecule has 2 aromatic carbocycles. The van der Waals surface area contributed by atoms with Gasteiger partial charge in [-0.05, 0) is 62.4 Å². The van der Waals surface area contributed by atoms with Crippen molar-refractivity contribution in [3.63, 3.8) is 0 Å². The maximum absolute atomic E-state index is 13.5. The maximum Gasteiger partial charge on any atom is 0.273 e. The molecule has 2 N–H and O–H groups in total. The van der Waals surface area contributed by atoms with Crippen molar-refractivity contribution >= 4 is 5.91 Å². The highest BCUT2D eigenvalue weighted by molar-refractivity contribution is 6.00. The van der Waals surface area contributed by atoms with Crippen LogP contribution in [0.2, 0.25) is 0 Å². The summed E-state index contributed by atoms with van der Waals surface area (Å²) >= 11 is 0. The summed E-state index contributed by atoms with van der Waals surface area (Å²) in [4.78, 5) is 15.4. The molecule has 1 amide bonds. The van der Waals surface area contributed by atoms with E-state index in [1.807, 2.05) is 55.1 Å². The summed E-state index contributed by atoms with van der Waals surface area (Å²) in [6, 6.07) is 14.7. The van der Waals surface area contributed by atoms with E-state index in [-0.39, 0.29) is 23.8 Å². The number of aromatic hydroxyl groups is 1. The number of para-hydroxylation sites is 1. The lowest BCUT2D eigenvalue weighted by molar-refractivity contribution is 0.0601. The molecule has 0 unspecified atom stereocenters. The van der Waals surface area contributed by atoms with Crippen LogP contribution in [0.4, 0.5) is 0 Å².